The number of halogens is 1. The number of aromatic nitrogens is 2. The highest BCUT2D eigenvalue weighted by atomic mass is 35.5. The zero-order valence-corrected chi connectivity index (χ0v) is 13.1. The maximum absolute atomic E-state index is 12.2. The lowest BCUT2D eigenvalue weighted by atomic mass is 9.99. The lowest BCUT2D eigenvalue weighted by Gasteiger charge is -2.19. The molecular formula is C16H20ClN3O. The lowest BCUT2D eigenvalue weighted by Crippen LogP contribution is -2.33. The molecule has 0 saturated heterocycles. The summed E-state index contributed by atoms with van der Waals surface area (Å²) in [5, 5.41) is 2.86. The molecule has 1 aromatic carbocycles. The van der Waals surface area contributed by atoms with E-state index >= 15 is 0 Å². The van der Waals surface area contributed by atoms with E-state index in [2.05, 4.69) is 29.1 Å². The van der Waals surface area contributed by atoms with Crippen molar-refractivity contribution in [2.45, 2.75) is 32.1 Å². The summed E-state index contributed by atoms with van der Waals surface area (Å²) in [5.41, 5.74) is 2.07. The van der Waals surface area contributed by atoms with Crippen molar-refractivity contribution in [3.8, 4) is 0 Å². The normalized spacial score (nSPS) is 12.6. The van der Waals surface area contributed by atoms with E-state index in [0.717, 1.165) is 18.4 Å². The Balaban J connectivity index is 2.02. The first-order valence-corrected chi connectivity index (χ1v) is 7.72. The Kier molecular flexibility index (Phi) is 5.51. The quantitative estimate of drug-likeness (QED) is 0.832. The van der Waals surface area contributed by atoms with Gasteiger partial charge in [-0.15, -0.1) is 11.6 Å². The van der Waals surface area contributed by atoms with Crippen LogP contribution in [0.4, 0.5) is 0 Å². The van der Waals surface area contributed by atoms with E-state index in [1.54, 1.807) is 30.6 Å². The minimum Gasteiger partial charge on any atom is -0.351 e. The molecule has 0 aliphatic rings. The molecule has 0 saturated carbocycles. The van der Waals surface area contributed by atoms with Crippen LogP contribution in [0.25, 0.3) is 11.0 Å². The third kappa shape index (κ3) is 3.91. The molecule has 2 aromatic rings. The van der Waals surface area contributed by atoms with E-state index in [9.17, 15) is 4.79 Å². The van der Waals surface area contributed by atoms with Gasteiger partial charge in [-0.1, -0.05) is 26.7 Å². The van der Waals surface area contributed by atoms with Gasteiger partial charge in [-0.3, -0.25) is 14.8 Å². The van der Waals surface area contributed by atoms with Crippen molar-refractivity contribution < 1.29 is 4.79 Å². The summed E-state index contributed by atoms with van der Waals surface area (Å²) in [7, 11) is 0. The molecule has 0 bridgehead atoms. The largest absolute Gasteiger partial charge is 0.351 e. The number of amides is 1. The number of hydrogen-bond acceptors (Lipinski definition) is 3. The number of nitrogens with zero attached hydrogens (tertiary/aromatic N) is 2. The van der Waals surface area contributed by atoms with Crippen molar-refractivity contribution in [2.75, 3.05) is 6.54 Å². The Morgan fingerprint density at radius 1 is 1.19 bits per heavy atom. The maximum Gasteiger partial charge on any atom is 0.251 e. The Morgan fingerprint density at radius 2 is 1.86 bits per heavy atom. The Bertz CT molecular complexity index is 613. The van der Waals surface area contributed by atoms with E-state index in [1.165, 1.54) is 0 Å². The summed E-state index contributed by atoms with van der Waals surface area (Å²) < 4.78 is 0. The van der Waals surface area contributed by atoms with Gasteiger partial charge in [-0.05, 0) is 24.1 Å². The van der Waals surface area contributed by atoms with Crippen LogP contribution < -0.4 is 5.32 Å². The number of nitrogens with one attached hydrogen (secondary N) is 1. The number of hydrogen-bond donors (Lipinski definition) is 1. The van der Waals surface area contributed by atoms with Gasteiger partial charge in [-0.25, -0.2) is 0 Å². The highest BCUT2D eigenvalue weighted by Gasteiger charge is 2.17. The van der Waals surface area contributed by atoms with Crippen LogP contribution in [0.5, 0.6) is 0 Å². The molecule has 0 spiro atoms. The van der Waals surface area contributed by atoms with Crippen molar-refractivity contribution in [2.24, 2.45) is 5.92 Å². The third-order valence-electron chi connectivity index (χ3n) is 3.75. The molecule has 1 unspecified atom stereocenters. The first-order chi connectivity index (χ1) is 10.2. The minimum atomic E-state index is -0.126. The number of rotatable bonds is 6. The third-order valence-corrected chi connectivity index (χ3v) is 4.26. The summed E-state index contributed by atoms with van der Waals surface area (Å²) in [6.07, 6.45) is 5.29. The fourth-order valence-corrected chi connectivity index (χ4v) is 2.80. The summed E-state index contributed by atoms with van der Waals surface area (Å²) in [4.78, 5) is 20.6. The first-order valence-electron chi connectivity index (χ1n) is 7.28. The molecule has 4 nitrogen and oxygen atoms in total. The molecule has 1 atom stereocenters. The molecule has 5 heteroatoms. The lowest BCUT2D eigenvalue weighted by molar-refractivity contribution is 0.0951. The molecule has 0 fully saturated rings. The molecule has 1 N–H and O–H groups in total. The number of carbonyl (C=O) groups excluding carboxylic acids is 1. The molecule has 0 aliphatic heterocycles. The van der Waals surface area contributed by atoms with Crippen molar-refractivity contribution >= 4 is 28.5 Å². The summed E-state index contributed by atoms with van der Waals surface area (Å²) in [6, 6.07) is 5.31. The van der Waals surface area contributed by atoms with Crippen LogP contribution in [0.2, 0.25) is 0 Å². The molecule has 0 radical (unpaired) electrons. The predicted molar refractivity (Wildman–Crippen MR) is 85.6 cm³/mol. The molecule has 1 aromatic heterocycles. The van der Waals surface area contributed by atoms with E-state index < -0.39 is 0 Å². The smallest absolute Gasteiger partial charge is 0.251 e. The van der Waals surface area contributed by atoms with Crippen LogP contribution in [0.15, 0.2) is 30.6 Å². The van der Waals surface area contributed by atoms with E-state index in [1.807, 2.05) is 0 Å². The van der Waals surface area contributed by atoms with Crippen LogP contribution in [0.1, 0.15) is 37.0 Å². The van der Waals surface area contributed by atoms with Gasteiger partial charge >= 0.3 is 0 Å². The standard InChI is InChI=1S/C16H20ClN3O/c1-3-11(4-2)13(17)10-20-16(21)12-5-6-14-15(9-12)19-8-7-18-14/h5-9,11,13H,3-4,10H2,1-2H3,(H,20,21). The fraction of sp³-hybridized carbons (Fsp3) is 0.438. The average molecular weight is 306 g/mol. The van der Waals surface area contributed by atoms with Crippen molar-refractivity contribution in [3.05, 3.63) is 36.2 Å². The monoisotopic (exact) mass is 305 g/mol. The predicted octanol–water partition coefficient (Wildman–Crippen LogP) is 3.40. The molecule has 21 heavy (non-hydrogen) atoms. The molecule has 1 heterocycles. The molecule has 112 valence electrons. The number of benzene rings is 1. The molecular weight excluding hydrogens is 286 g/mol. The zero-order valence-electron chi connectivity index (χ0n) is 12.3. The fourth-order valence-electron chi connectivity index (χ4n) is 2.36. The zero-order chi connectivity index (χ0) is 15.2. The summed E-state index contributed by atoms with van der Waals surface area (Å²) in [5.74, 6) is 0.300. The van der Waals surface area contributed by atoms with Gasteiger partial charge in [0, 0.05) is 24.5 Å². The second kappa shape index (κ2) is 7.36. The van der Waals surface area contributed by atoms with Crippen LogP contribution in [-0.2, 0) is 0 Å². The molecule has 1 amide bonds. The number of fused-ring (bicyclic) bond motifs is 1. The maximum atomic E-state index is 12.2. The Hall–Kier alpha value is -1.68. The topological polar surface area (TPSA) is 54.9 Å². The van der Waals surface area contributed by atoms with Crippen LogP contribution in [0.3, 0.4) is 0 Å². The van der Waals surface area contributed by atoms with Crippen molar-refractivity contribution in [1.29, 1.82) is 0 Å². The molecule has 2 rings (SSSR count). The van der Waals surface area contributed by atoms with E-state index in [4.69, 9.17) is 11.6 Å². The number of alkyl halides is 1. The Labute approximate surface area is 129 Å². The van der Waals surface area contributed by atoms with Crippen molar-refractivity contribution in [1.82, 2.24) is 15.3 Å². The van der Waals surface area contributed by atoms with Crippen LogP contribution in [-0.4, -0.2) is 27.8 Å². The SMILES string of the molecule is CCC(CC)C(Cl)CNC(=O)c1ccc2nccnc2c1. The van der Waals surface area contributed by atoms with E-state index in [0.29, 0.717) is 23.5 Å². The van der Waals surface area contributed by atoms with E-state index in [-0.39, 0.29) is 11.3 Å². The second-order valence-corrected chi connectivity index (χ2v) is 5.62. The summed E-state index contributed by atoms with van der Waals surface area (Å²) in [6.45, 7) is 4.71. The number of carbonyl (C=O) groups is 1. The Morgan fingerprint density at radius 3 is 2.52 bits per heavy atom. The minimum absolute atomic E-state index is 0.0378. The average Bonchev–Trinajstić information content (AvgIpc) is 2.53. The van der Waals surface area contributed by atoms with Gasteiger partial charge in [0.05, 0.1) is 16.4 Å². The first kappa shape index (κ1) is 15.7. The van der Waals surface area contributed by atoms with Gasteiger partial charge in [-0.2, -0.15) is 0 Å². The van der Waals surface area contributed by atoms with Gasteiger partial charge in [0.15, 0.2) is 0 Å². The summed E-state index contributed by atoms with van der Waals surface area (Å²) >= 11 is 6.34. The second-order valence-electron chi connectivity index (χ2n) is 5.06. The van der Waals surface area contributed by atoms with Crippen molar-refractivity contribution in [3.63, 3.8) is 0 Å². The van der Waals surface area contributed by atoms with Gasteiger partial charge in [0.25, 0.3) is 5.91 Å². The van der Waals surface area contributed by atoms with Gasteiger partial charge < -0.3 is 5.32 Å². The van der Waals surface area contributed by atoms with Crippen LogP contribution in [0, 0.1) is 5.92 Å². The van der Waals surface area contributed by atoms with Gasteiger partial charge in [0.2, 0.25) is 0 Å². The highest BCUT2D eigenvalue weighted by Crippen LogP contribution is 2.18. The highest BCUT2D eigenvalue weighted by molar-refractivity contribution is 6.21. The molecule has 0 aliphatic carbocycles. The van der Waals surface area contributed by atoms with Gasteiger partial charge in [0.1, 0.15) is 0 Å². The van der Waals surface area contributed by atoms with Crippen LogP contribution >= 0.6 is 11.6 Å².